The summed E-state index contributed by atoms with van der Waals surface area (Å²) in [6, 6.07) is 0. The number of amides is 1. The van der Waals surface area contributed by atoms with E-state index in [1.165, 1.54) is 10.8 Å². The summed E-state index contributed by atoms with van der Waals surface area (Å²) >= 11 is 0. The van der Waals surface area contributed by atoms with Gasteiger partial charge in [0, 0.05) is 24.9 Å². The molecule has 2 N–H and O–H groups in total. The lowest BCUT2D eigenvalue weighted by Gasteiger charge is -2.11. The van der Waals surface area contributed by atoms with E-state index in [0.717, 1.165) is 19.4 Å². The fraction of sp³-hybridized carbons (Fsp3) is 0.583. The number of carbonyl (C=O) groups excluding carboxylic acids is 1. The summed E-state index contributed by atoms with van der Waals surface area (Å²) in [6.45, 7) is 2.66. The normalized spacial score (nSPS) is 18.5. The van der Waals surface area contributed by atoms with E-state index in [2.05, 4.69) is 10.3 Å². The van der Waals surface area contributed by atoms with Crippen LogP contribution in [0.3, 0.4) is 0 Å². The molecular formula is C12H17N3O4. The van der Waals surface area contributed by atoms with Crippen molar-refractivity contribution in [1.29, 1.82) is 0 Å². The summed E-state index contributed by atoms with van der Waals surface area (Å²) in [7, 11) is 0. The average Bonchev–Trinajstić information content (AvgIpc) is 2.86. The molecule has 1 aliphatic rings. The molecule has 1 atom stereocenters. The summed E-state index contributed by atoms with van der Waals surface area (Å²) < 4.78 is 6.56. The highest BCUT2D eigenvalue weighted by Gasteiger charge is 2.16. The van der Waals surface area contributed by atoms with Gasteiger partial charge in [0.1, 0.15) is 6.54 Å². The summed E-state index contributed by atoms with van der Waals surface area (Å²) in [5.41, 5.74) is -0.615. The number of ether oxygens (including phenoxy) is 1. The summed E-state index contributed by atoms with van der Waals surface area (Å²) in [5, 5.41) is 2.72. The van der Waals surface area contributed by atoms with E-state index in [9.17, 15) is 14.4 Å². The minimum absolute atomic E-state index is 0.0676. The lowest BCUT2D eigenvalue weighted by molar-refractivity contribution is -0.122. The van der Waals surface area contributed by atoms with Gasteiger partial charge in [0.05, 0.1) is 6.10 Å². The Morgan fingerprint density at radius 2 is 2.37 bits per heavy atom. The zero-order valence-corrected chi connectivity index (χ0v) is 10.8. The second-order valence-electron chi connectivity index (χ2n) is 4.64. The molecule has 1 aromatic rings. The van der Waals surface area contributed by atoms with Gasteiger partial charge >= 0.3 is 5.69 Å². The van der Waals surface area contributed by atoms with Gasteiger partial charge in [0.2, 0.25) is 5.91 Å². The molecule has 0 spiro atoms. The molecule has 1 aliphatic heterocycles. The highest BCUT2D eigenvalue weighted by atomic mass is 16.5. The van der Waals surface area contributed by atoms with E-state index in [4.69, 9.17) is 4.74 Å². The number of aromatic amines is 1. The Bertz CT molecular complexity index is 569. The Morgan fingerprint density at radius 3 is 3.05 bits per heavy atom. The number of nitrogens with one attached hydrogen (secondary N) is 2. The molecule has 19 heavy (non-hydrogen) atoms. The summed E-state index contributed by atoms with van der Waals surface area (Å²) in [4.78, 5) is 36.5. The van der Waals surface area contributed by atoms with Crippen LogP contribution in [0.1, 0.15) is 18.4 Å². The van der Waals surface area contributed by atoms with E-state index in [1.54, 1.807) is 6.92 Å². The predicted molar refractivity (Wildman–Crippen MR) is 68.0 cm³/mol. The molecule has 0 aromatic carbocycles. The second-order valence-corrected chi connectivity index (χ2v) is 4.64. The first-order chi connectivity index (χ1) is 9.06. The molecule has 0 bridgehead atoms. The van der Waals surface area contributed by atoms with Crippen LogP contribution < -0.4 is 16.6 Å². The van der Waals surface area contributed by atoms with Crippen molar-refractivity contribution in [3.05, 3.63) is 32.6 Å². The van der Waals surface area contributed by atoms with Crippen molar-refractivity contribution in [2.75, 3.05) is 13.2 Å². The van der Waals surface area contributed by atoms with E-state index >= 15 is 0 Å². The Hall–Kier alpha value is -1.89. The molecule has 0 aliphatic carbocycles. The van der Waals surface area contributed by atoms with Crippen molar-refractivity contribution in [1.82, 2.24) is 14.9 Å². The van der Waals surface area contributed by atoms with E-state index in [0.29, 0.717) is 12.1 Å². The third kappa shape index (κ3) is 3.54. The zero-order chi connectivity index (χ0) is 13.8. The van der Waals surface area contributed by atoms with Crippen molar-refractivity contribution < 1.29 is 9.53 Å². The van der Waals surface area contributed by atoms with Crippen LogP contribution in [0.2, 0.25) is 0 Å². The molecule has 2 rings (SSSR count). The van der Waals surface area contributed by atoms with Gasteiger partial charge < -0.3 is 10.1 Å². The molecule has 1 unspecified atom stereocenters. The predicted octanol–water partition coefficient (Wildman–Crippen LogP) is -0.860. The first-order valence-electron chi connectivity index (χ1n) is 6.25. The monoisotopic (exact) mass is 267 g/mol. The van der Waals surface area contributed by atoms with Crippen LogP contribution >= 0.6 is 0 Å². The quantitative estimate of drug-likeness (QED) is 0.742. The van der Waals surface area contributed by atoms with Crippen LogP contribution in [0.5, 0.6) is 0 Å². The lowest BCUT2D eigenvalue weighted by atomic mass is 10.2. The summed E-state index contributed by atoms with van der Waals surface area (Å²) in [6.07, 6.45) is 3.40. The molecule has 1 amide bonds. The largest absolute Gasteiger partial charge is 0.376 e. The maximum Gasteiger partial charge on any atom is 0.328 e. The van der Waals surface area contributed by atoms with Crippen LogP contribution in [0.25, 0.3) is 0 Å². The van der Waals surface area contributed by atoms with Gasteiger partial charge in [-0.25, -0.2) is 4.79 Å². The molecular weight excluding hydrogens is 250 g/mol. The number of carbonyl (C=O) groups is 1. The third-order valence-electron chi connectivity index (χ3n) is 3.05. The molecule has 1 aromatic heterocycles. The SMILES string of the molecule is Cc1cn(CC(=O)NCC2CCCO2)c(=O)[nH]c1=O. The molecule has 0 saturated carbocycles. The molecule has 104 valence electrons. The Morgan fingerprint density at radius 1 is 1.58 bits per heavy atom. The number of aromatic nitrogens is 2. The standard InChI is InChI=1S/C12H17N3O4/c1-8-6-15(12(18)14-11(8)17)7-10(16)13-5-9-3-2-4-19-9/h6,9H,2-5,7H2,1H3,(H,13,16)(H,14,17,18). The fourth-order valence-corrected chi connectivity index (χ4v) is 1.98. The Labute approximate surface area is 109 Å². The Balaban J connectivity index is 1.93. The molecule has 1 fully saturated rings. The highest BCUT2D eigenvalue weighted by Crippen LogP contribution is 2.10. The second kappa shape index (κ2) is 5.83. The van der Waals surface area contributed by atoms with Gasteiger partial charge in [0.25, 0.3) is 5.56 Å². The van der Waals surface area contributed by atoms with Crippen molar-refractivity contribution >= 4 is 5.91 Å². The number of rotatable bonds is 4. The van der Waals surface area contributed by atoms with Crippen molar-refractivity contribution in [2.45, 2.75) is 32.4 Å². The third-order valence-corrected chi connectivity index (χ3v) is 3.05. The van der Waals surface area contributed by atoms with E-state index in [-0.39, 0.29) is 18.6 Å². The van der Waals surface area contributed by atoms with E-state index < -0.39 is 11.2 Å². The van der Waals surface area contributed by atoms with Gasteiger partial charge in [-0.05, 0) is 19.8 Å². The number of H-pyrrole nitrogens is 1. The van der Waals surface area contributed by atoms with Crippen LogP contribution in [0, 0.1) is 6.92 Å². The molecule has 2 heterocycles. The topological polar surface area (TPSA) is 93.2 Å². The number of nitrogens with zero attached hydrogens (tertiary/aromatic N) is 1. The van der Waals surface area contributed by atoms with Crippen LogP contribution in [0.4, 0.5) is 0 Å². The van der Waals surface area contributed by atoms with Gasteiger partial charge in [-0.2, -0.15) is 0 Å². The van der Waals surface area contributed by atoms with Crippen molar-refractivity contribution in [2.24, 2.45) is 0 Å². The maximum absolute atomic E-state index is 11.7. The highest BCUT2D eigenvalue weighted by molar-refractivity contribution is 5.75. The van der Waals surface area contributed by atoms with Crippen molar-refractivity contribution in [3.63, 3.8) is 0 Å². The van der Waals surface area contributed by atoms with Crippen LogP contribution in [-0.2, 0) is 16.1 Å². The van der Waals surface area contributed by atoms with Crippen LogP contribution in [-0.4, -0.2) is 34.7 Å². The smallest absolute Gasteiger partial charge is 0.328 e. The minimum Gasteiger partial charge on any atom is -0.376 e. The van der Waals surface area contributed by atoms with Gasteiger partial charge in [-0.3, -0.25) is 19.1 Å². The van der Waals surface area contributed by atoms with Gasteiger partial charge in [-0.15, -0.1) is 0 Å². The summed E-state index contributed by atoms with van der Waals surface area (Å²) in [5.74, 6) is -0.274. The van der Waals surface area contributed by atoms with Gasteiger partial charge in [0.15, 0.2) is 0 Å². The first kappa shape index (κ1) is 13.5. The minimum atomic E-state index is -0.581. The zero-order valence-electron chi connectivity index (χ0n) is 10.8. The van der Waals surface area contributed by atoms with Gasteiger partial charge in [-0.1, -0.05) is 0 Å². The fourth-order valence-electron chi connectivity index (χ4n) is 1.98. The number of hydrogen-bond acceptors (Lipinski definition) is 4. The lowest BCUT2D eigenvalue weighted by Crippen LogP contribution is -2.38. The van der Waals surface area contributed by atoms with E-state index in [1.807, 2.05) is 0 Å². The molecule has 1 saturated heterocycles. The first-order valence-corrected chi connectivity index (χ1v) is 6.25. The maximum atomic E-state index is 11.7. The molecule has 7 nitrogen and oxygen atoms in total. The molecule has 7 heteroatoms. The number of hydrogen-bond donors (Lipinski definition) is 2. The number of aryl methyl sites for hydroxylation is 1. The van der Waals surface area contributed by atoms with Crippen LogP contribution in [0.15, 0.2) is 15.8 Å². The average molecular weight is 267 g/mol. The molecule has 0 radical (unpaired) electrons. The Kier molecular flexibility index (Phi) is 4.16. The van der Waals surface area contributed by atoms with Crippen molar-refractivity contribution in [3.8, 4) is 0 Å².